The molecule has 1 heterocycles. The summed E-state index contributed by atoms with van der Waals surface area (Å²) in [6.07, 6.45) is 6.56. The van der Waals surface area contributed by atoms with Crippen molar-refractivity contribution >= 4 is 11.0 Å². The molecule has 0 amide bonds. The van der Waals surface area contributed by atoms with Crippen LogP contribution in [-0.2, 0) is 0 Å². The molecule has 114 valence electrons. The van der Waals surface area contributed by atoms with Crippen molar-refractivity contribution in [3.05, 3.63) is 30.1 Å². The average molecular weight is 285 g/mol. The largest absolute Gasteiger partial charge is 0.341 e. The molecule has 3 nitrogen and oxygen atoms in total. The molecule has 1 aliphatic carbocycles. The highest BCUT2D eigenvalue weighted by molar-refractivity contribution is 5.74. The van der Waals surface area contributed by atoms with Crippen LogP contribution in [0.5, 0.6) is 0 Å². The Hall–Kier alpha value is -1.35. The highest BCUT2D eigenvalue weighted by Crippen LogP contribution is 2.34. The number of para-hydroxylation sites is 2. The van der Waals surface area contributed by atoms with Crippen molar-refractivity contribution in [1.82, 2.24) is 15.3 Å². The quantitative estimate of drug-likeness (QED) is 0.811. The van der Waals surface area contributed by atoms with Gasteiger partial charge in [-0.2, -0.15) is 0 Å². The highest BCUT2D eigenvalue weighted by Gasteiger charge is 2.25. The molecule has 2 atom stereocenters. The van der Waals surface area contributed by atoms with Gasteiger partial charge in [0.2, 0.25) is 0 Å². The number of fused-ring (bicyclic) bond motifs is 1. The van der Waals surface area contributed by atoms with Crippen LogP contribution in [0.4, 0.5) is 0 Å². The van der Waals surface area contributed by atoms with Gasteiger partial charge in [-0.05, 0) is 50.2 Å². The molecular formula is C18H27N3. The monoisotopic (exact) mass is 285 g/mol. The fourth-order valence-corrected chi connectivity index (χ4v) is 3.44. The summed E-state index contributed by atoms with van der Waals surface area (Å²) in [4.78, 5) is 8.16. The van der Waals surface area contributed by atoms with Crippen molar-refractivity contribution in [2.45, 2.75) is 65.0 Å². The molecule has 0 bridgehead atoms. The molecule has 0 radical (unpaired) electrons. The first-order valence-corrected chi connectivity index (χ1v) is 8.24. The van der Waals surface area contributed by atoms with Gasteiger partial charge in [0, 0.05) is 6.04 Å². The van der Waals surface area contributed by atoms with Crippen LogP contribution in [0.25, 0.3) is 11.0 Å². The third-order valence-electron chi connectivity index (χ3n) is 4.88. The van der Waals surface area contributed by atoms with E-state index in [1.807, 2.05) is 6.07 Å². The Kier molecular flexibility index (Phi) is 4.03. The van der Waals surface area contributed by atoms with E-state index in [0.717, 1.165) is 16.9 Å². The number of benzene rings is 1. The molecule has 1 saturated carbocycles. The van der Waals surface area contributed by atoms with E-state index in [1.165, 1.54) is 32.1 Å². The third-order valence-corrected chi connectivity index (χ3v) is 4.88. The smallest absolute Gasteiger partial charge is 0.124 e. The second kappa shape index (κ2) is 5.80. The summed E-state index contributed by atoms with van der Waals surface area (Å²) in [5.74, 6) is 1.06. The maximum atomic E-state index is 4.71. The molecule has 21 heavy (non-hydrogen) atoms. The van der Waals surface area contributed by atoms with E-state index in [4.69, 9.17) is 4.98 Å². The fourth-order valence-electron chi connectivity index (χ4n) is 3.44. The fraction of sp³-hybridized carbons (Fsp3) is 0.611. The number of imidazole rings is 1. The Morgan fingerprint density at radius 3 is 2.86 bits per heavy atom. The second-order valence-electron chi connectivity index (χ2n) is 7.32. The van der Waals surface area contributed by atoms with Gasteiger partial charge >= 0.3 is 0 Å². The van der Waals surface area contributed by atoms with Crippen molar-refractivity contribution < 1.29 is 0 Å². The van der Waals surface area contributed by atoms with E-state index in [1.54, 1.807) is 0 Å². The lowest BCUT2D eigenvalue weighted by molar-refractivity contribution is 0.307. The number of nitrogens with zero attached hydrogens (tertiary/aromatic N) is 1. The van der Waals surface area contributed by atoms with Crippen LogP contribution in [0.15, 0.2) is 24.3 Å². The van der Waals surface area contributed by atoms with Crippen molar-refractivity contribution in [3.63, 3.8) is 0 Å². The van der Waals surface area contributed by atoms with Gasteiger partial charge in [0.25, 0.3) is 0 Å². The topological polar surface area (TPSA) is 40.7 Å². The summed E-state index contributed by atoms with van der Waals surface area (Å²) < 4.78 is 0. The van der Waals surface area contributed by atoms with E-state index in [9.17, 15) is 0 Å². The number of hydrogen-bond acceptors (Lipinski definition) is 2. The molecule has 1 fully saturated rings. The van der Waals surface area contributed by atoms with E-state index < -0.39 is 0 Å². The van der Waals surface area contributed by atoms with Crippen LogP contribution in [0, 0.1) is 5.41 Å². The summed E-state index contributed by atoms with van der Waals surface area (Å²) >= 11 is 0. The molecule has 0 aliphatic heterocycles. The van der Waals surface area contributed by atoms with Crippen LogP contribution in [0.2, 0.25) is 0 Å². The van der Waals surface area contributed by atoms with Gasteiger partial charge in [-0.1, -0.05) is 32.4 Å². The van der Waals surface area contributed by atoms with Crippen LogP contribution in [0.3, 0.4) is 0 Å². The molecule has 0 saturated heterocycles. The Balaban J connectivity index is 1.66. The van der Waals surface area contributed by atoms with Crippen LogP contribution in [0.1, 0.15) is 64.7 Å². The van der Waals surface area contributed by atoms with Crippen LogP contribution < -0.4 is 5.32 Å². The lowest BCUT2D eigenvalue weighted by atomic mass is 9.85. The van der Waals surface area contributed by atoms with Crippen molar-refractivity contribution in [3.8, 4) is 0 Å². The molecule has 2 aromatic rings. The number of nitrogens with one attached hydrogen (secondary N) is 2. The number of rotatable bonds is 3. The van der Waals surface area contributed by atoms with E-state index in [-0.39, 0.29) is 6.04 Å². The lowest BCUT2D eigenvalue weighted by Gasteiger charge is -2.23. The summed E-state index contributed by atoms with van der Waals surface area (Å²) in [5.41, 5.74) is 2.70. The minimum atomic E-state index is 0.281. The molecule has 2 N–H and O–H groups in total. The van der Waals surface area contributed by atoms with Crippen molar-refractivity contribution in [2.24, 2.45) is 5.41 Å². The number of aromatic amines is 1. The SMILES string of the molecule is CC(NC1CCCC(C)(C)CC1)c1nc2ccccc2[nH]1. The molecule has 0 spiro atoms. The summed E-state index contributed by atoms with van der Waals surface area (Å²) in [7, 11) is 0. The molecule has 3 heteroatoms. The Bertz CT molecular complexity index is 566. The van der Waals surface area contributed by atoms with Crippen LogP contribution >= 0.6 is 0 Å². The van der Waals surface area contributed by atoms with E-state index >= 15 is 0 Å². The summed E-state index contributed by atoms with van der Waals surface area (Å²) in [6.45, 7) is 7.02. The molecule has 2 unspecified atom stereocenters. The second-order valence-corrected chi connectivity index (χ2v) is 7.32. The van der Waals surface area contributed by atoms with Gasteiger partial charge < -0.3 is 10.3 Å². The zero-order chi connectivity index (χ0) is 14.9. The van der Waals surface area contributed by atoms with Gasteiger partial charge in [-0.15, -0.1) is 0 Å². The Labute approximate surface area is 127 Å². The van der Waals surface area contributed by atoms with Crippen molar-refractivity contribution in [1.29, 1.82) is 0 Å². The molecule has 1 aromatic heterocycles. The average Bonchev–Trinajstić information content (AvgIpc) is 2.81. The lowest BCUT2D eigenvalue weighted by Crippen LogP contribution is -2.31. The maximum Gasteiger partial charge on any atom is 0.124 e. The first-order valence-electron chi connectivity index (χ1n) is 8.24. The third kappa shape index (κ3) is 3.46. The Morgan fingerprint density at radius 2 is 2.05 bits per heavy atom. The molecule has 3 rings (SSSR count). The molecule has 1 aliphatic rings. The zero-order valence-electron chi connectivity index (χ0n) is 13.4. The van der Waals surface area contributed by atoms with Crippen LogP contribution in [-0.4, -0.2) is 16.0 Å². The van der Waals surface area contributed by atoms with Gasteiger partial charge in [0.05, 0.1) is 17.1 Å². The normalized spacial score (nSPS) is 23.9. The first-order chi connectivity index (χ1) is 10.0. The van der Waals surface area contributed by atoms with Gasteiger partial charge in [0.15, 0.2) is 0 Å². The first kappa shape index (κ1) is 14.6. The minimum Gasteiger partial charge on any atom is -0.341 e. The summed E-state index contributed by atoms with van der Waals surface area (Å²) in [6, 6.07) is 9.15. The van der Waals surface area contributed by atoms with E-state index in [2.05, 4.69) is 49.3 Å². The molecular weight excluding hydrogens is 258 g/mol. The van der Waals surface area contributed by atoms with Gasteiger partial charge in [-0.25, -0.2) is 4.98 Å². The maximum absolute atomic E-state index is 4.71. The van der Waals surface area contributed by atoms with Gasteiger partial charge in [0.1, 0.15) is 5.82 Å². The Morgan fingerprint density at radius 1 is 1.24 bits per heavy atom. The predicted octanol–water partition coefficient (Wildman–Crippen LogP) is 4.57. The standard InChI is InChI=1S/C18H27N3/c1-13(17-20-15-8-4-5-9-16(15)21-17)19-14-7-6-11-18(2,3)12-10-14/h4-5,8-9,13-14,19H,6-7,10-12H2,1-3H3,(H,20,21). The minimum absolute atomic E-state index is 0.281. The highest BCUT2D eigenvalue weighted by atomic mass is 15.0. The van der Waals surface area contributed by atoms with Gasteiger partial charge in [-0.3, -0.25) is 0 Å². The predicted molar refractivity (Wildman–Crippen MR) is 88.3 cm³/mol. The van der Waals surface area contributed by atoms with Crippen molar-refractivity contribution in [2.75, 3.05) is 0 Å². The number of H-pyrrole nitrogens is 1. The number of hydrogen-bond donors (Lipinski definition) is 2. The zero-order valence-corrected chi connectivity index (χ0v) is 13.4. The number of aromatic nitrogens is 2. The summed E-state index contributed by atoms with van der Waals surface area (Å²) in [5, 5.41) is 3.78. The molecule has 1 aromatic carbocycles. The van der Waals surface area contributed by atoms with E-state index in [0.29, 0.717) is 11.5 Å².